The largest absolute Gasteiger partial charge is 0.477 e. The van der Waals surface area contributed by atoms with Crippen molar-refractivity contribution in [2.45, 2.75) is 6.92 Å². The molecule has 0 saturated heterocycles. The molecule has 2 aromatic heterocycles. The molecule has 2 rings (SSSR count). The quantitative estimate of drug-likeness (QED) is 0.852. The number of pyridine rings is 1. The first-order chi connectivity index (χ1) is 7.91. The molecule has 0 aromatic carbocycles. The number of carboxylic acids is 1. The van der Waals surface area contributed by atoms with Gasteiger partial charge in [-0.15, -0.1) is 11.3 Å². The van der Waals surface area contributed by atoms with Crippen LogP contribution in [0.1, 0.15) is 15.4 Å². The number of nitrogens with zero attached hydrogens (tertiary/aromatic N) is 2. The Morgan fingerprint density at radius 2 is 2.18 bits per heavy atom. The summed E-state index contributed by atoms with van der Waals surface area (Å²) in [6.07, 6.45) is 0. The molecule has 0 aliphatic rings. The van der Waals surface area contributed by atoms with Crippen LogP contribution in [0.2, 0.25) is 0 Å². The van der Waals surface area contributed by atoms with Gasteiger partial charge in [0.15, 0.2) is 0 Å². The number of hydrogen-bond donors (Lipinski definition) is 2. The summed E-state index contributed by atoms with van der Waals surface area (Å²) in [5, 5.41) is 9.78. The van der Waals surface area contributed by atoms with Gasteiger partial charge in [-0.05, 0) is 13.0 Å². The molecule has 0 unspecified atom stereocenters. The first-order valence-corrected chi connectivity index (χ1v) is 5.83. The molecule has 0 amide bonds. The summed E-state index contributed by atoms with van der Waals surface area (Å²) in [7, 11) is 3.79. The van der Waals surface area contributed by atoms with Gasteiger partial charge in [0.2, 0.25) is 0 Å². The van der Waals surface area contributed by atoms with E-state index in [0.29, 0.717) is 10.5 Å². The van der Waals surface area contributed by atoms with Gasteiger partial charge in [0.1, 0.15) is 9.71 Å². The van der Waals surface area contributed by atoms with Gasteiger partial charge in [-0.2, -0.15) is 0 Å². The second-order valence-corrected chi connectivity index (χ2v) is 5.01. The van der Waals surface area contributed by atoms with Crippen molar-refractivity contribution in [1.82, 2.24) is 4.98 Å². The molecule has 17 heavy (non-hydrogen) atoms. The van der Waals surface area contributed by atoms with Crippen LogP contribution in [0.5, 0.6) is 0 Å². The van der Waals surface area contributed by atoms with Crippen LogP contribution < -0.4 is 10.6 Å². The van der Waals surface area contributed by atoms with Gasteiger partial charge in [-0.25, -0.2) is 9.78 Å². The average molecular weight is 251 g/mol. The second-order valence-electron chi connectivity index (χ2n) is 4.01. The maximum Gasteiger partial charge on any atom is 0.348 e. The zero-order valence-corrected chi connectivity index (χ0v) is 10.6. The Labute approximate surface area is 102 Å². The lowest BCUT2D eigenvalue weighted by molar-refractivity contribution is 0.0703. The van der Waals surface area contributed by atoms with Crippen molar-refractivity contribution in [3.63, 3.8) is 0 Å². The highest BCUT2D eigenvalue weighted by molar-refractivity contribution is 7.21. The fourth-order valence-corrected chi connectivity index (χ4v) is 2.73. The standard InChI is InChI=1S/C11H13N3O2S/c1-5-4-6(14(2)3)7-8(12)9(11(15)16)17-10(7)13-5/h4H,12H2,1-3H3,(H,15,16). The van der Waals surface area contributed by atoms with E-state index in [0.717, 1.165) is 28.1 Å². The molecule has 0 radical (unpaired) electrons. The number of aromatic carboxylic acids is 1. The van der Waals surface area contributed by atoms with E-state index < -0.39 is 5.97 Å². The van der Waals surface area contributed by atoms with Crippen molar-refractivity contribution in [3.8, 4) is 0 Å². The molecular formula is C11H13N3O2S. The number of rotatable bonds is 2. The molecule has 5 nitrogen and oxygen atoms in total. The zero-order valence-electron chi connectivity index (χ0n) is 9.81. The molecule has 0 aliphatic heterocycles. The highest BCUT2D eigenvalue weighted by Gasteiger charge is 2.19. The second kappa shape index (κ2) is 3.89. The monoisotopic (exact) mass is 251 g/mol. The van der Waals surface area contributed by atoms with Crippen molar-refractivity contribution >= 4 is 38.9 Å². The summed E-state index contributed by atoms with van der Waals surface area (Å²) in [5.41, 5.74) is 7.93. The summed E-state index contributed by atoms with van der Waals surface area (Å²) in [5.74, 6) is -1.01. The molecule has 0 bridgehead atoms. The molecule has 3 N–H and O–H groups in total. The molecule has 0 aliphatic carbocycles. The predicted molar refractivity (Wildman–Crippen MR) is 70.1 cm³/mol. The van der Waals surface area contributed by atoms with Crippen molar-refractivity contribution in [2.24, 2.45) is 0 Å². The van der Waals surface area contributed by atoms with Crippen molar-refractivity contribution in [2.75, 3.05) is 24.7 Å². The lowest BCUT2D eigenvalue weighted by Crippen LogP contribution is -2.10. The van der Waals surface area contributed by atoms with E-state index in [-0.39, 0.29) is 4.88 Å². The predicted octanol–water partition coefficient (Wildman–Crippen LogP) is 1.95. The highest BCUT2D eigenvalue weighted by atomic mass is 32.1. The Bertz CT molecular complexity index is 604. The minimum absolute atomic E-state index is 0.154. The van der Waals surface area contributed by atoms with E-state index in [2.05, 4.69) is 4.98 Å². The Kier molecular flexibility index (Phi) is 2.66. The number of fused-ring (bicyclic) bond motifs is 1. The number of carboxylic acid groups (broad SMARTS) is 1. The van der Waals surface area contributed by atoms with Crippen LogP contribution in [0.3, 0.4) is 0 Å². The van der Waals surface area contributed by atoms with E-state index in [4.69, 9.17) is 10.8 Å². The maximum absolute atomic E-state index is 11.0. The first-order valence-electron chi connectivity index (χ1n) is 5.02. The minimum Gasteiger partial charge on any atom is -0.477 e. The van der Waals surface area contributed by atoms with E-state index >= 15 is 0 Å². The molecule has 90 valence electrons. The minimum atomic E-state index is -1.01. The van der Waals surface area contributed by atoms with Crippen LogP contribution in [0.15, 0.2) is 6.07 Å². The van der Waals surface area contributed by atoms with Crippen LogP contribution in [-0.4, -0.2) is 30.2 Å². The molecule has 0 saturated carbocycles. The molecule has 2 aromatic rings. The number of anilines is 2. The first kappa shape index (κ1) is 11.7. The molecule has 6 heteroatoms. The van der Waals surface area contributed by atoms with E-state index in [9.17, 15) is 4.79 Å². The van der Waals surface area contributed by atoms with Gasteiger partial charge >= 0.3 is 5.97 Å². The van der Waals surface area contributed by atoms with Gasteiger partial charge in [-0.1, -0.05) is 0 Å². The topological polar surface area (TPSA) is 79.5 Å². The van der Waals surface area contributed by atoms with Crippen LogP contribution in [0.4, 0.5) is 11.4 Å². The summed E-state index contributed by atoms with van der Waals surface area (Å²) in [6.45, 7) is 1.88. The lowest BCUT2D eigenvalue weighted by Gasteiger charge is -2.14. The van der Waals surface area contributed by atoms with E-state index in [1.807, 2.05) is 32.0 Å². The highest BCUT2D eigenvalue weighted by Crippen LogP contribution is 2.38. The molecule has 2 heterocycles. The summed E-state index contributed by atoms with van der Waals surface area (Å²) in [4.78, 5) is 18.1. The van der Waals surface area contributed by atoms with Gasteiger partial charge in [-0.3, -0.25) is 0 Å². The van der Waals surface area contributed by atoms with Gasteiger partial charge < -0.3 is 15.7 Å². The number of aryl methyl sites for hydroxylation is 1. The summed E-state index contributed by atoms with van der Waals surface area (Å²) < 4.78 is 0. The number of nitrogens with two attached hydrogens (primary N) is 1. The van der Waals surface area contributed by atoms with Crippen LogP contribution in [-0.2, 0) is 0 Å². The third-order valence-electron chi connectivity index (χ3n) is 2.48. The molecule has 0 fully saturated rings. The maximum atomic E-state index is 11.0. The zero-order chi connectivity index (χ0) is 12.7. The summed E-state index contributed by atoms with van der Waals surface area (Å²) in [6, 6.07) is 1.90. The number of aromatic nitrogens is 1. The number of hydrogen-bond acceptors (Lipinski definition) is 5. The Morgan fingerprint density at radius 1 is 1.53 bits per heavy atom. The Hall–Kier alpha value is -1.82. The fraction of sp³-hybridized carbons (Fsp3) is 0.273. The van der Waals surface area contributed by atoms with Crippen molar-refractivity contribution < 1.29 is 9.90 Å². The summed E-state index contributed by atoms with van der Waals surface area (Å²) >= 11 is 1.12. The molecule has 0 atom stereocenters. The van der Waals surface area contributed by atoms with Gasteiger partial charge in [0.05, 0.1) is 16.8 Å². The smallest absolute Gasteiger partial charge is 0.348 e. The third-order valence-corrected chi connectivity index (χ3v) is 3.57. The Morgan fingerprint density at radius 3 is 2.71 bits per heavy atom. The van der Waals surface area contributed by atoms with Crippen molar-refractivity contribution in [3.05, 3.63) is 16.6 Å². The SMILES string of the molecule is Cc1cc(N(C)C)c2c(N)c(C(=O)O)sc2n1. The number of thiophene rings is 1. The molecule has 0 spiro atoms. The van der Waals surface area contributed by atoms with Crippen molar-refractivity contribution in [1.29, 1.82) is 0 Å². The van der Waals surface area contributed by atoms with Crippen LogP contribution >= 0.6 is 11.3 Å². The normalized spacial score (nSPS) is 10.8. The van der Waals surface area contributed by atoms with Crippen LogP contribution in [0.25, 0.3) is 10.2 Å². The van der Waals surface area contributed by atoms with Gasteiger partial charge in [0.25, 0.3) is 0 Å². The number of nitrogen functional groups attached to an aromatic ring is 1. The average Bonchev–Trinajstić information content (AvgIpc) is 2.54. The lowest BCUT2D eigenvalue weighted by atomic mass is 10.2. The molecular weight excluding hydrogens is 238 g/mol. The fourth-order valence-electron chi connectivity index (χ4n) is 1.73. The Balaban J connectivity index is 2.87. The van der Waals surface area contributed by atoms with E-state index in [1.165, 1.54) is 0 Å². The third kappa shape index (κ3) is 1.80. The number of carbonyl (C=O) groups is 1. The van der Waals surface area contributed by atoms with Gasteiger partial charge in [0, 0.05) is 19.8 Å². The van der Waals surface area contributed by atoms with Crippen LogP contribution in [0, 0.1) is 6.92 Å². The van der Waals surface area contributed by atoms with E-state index in [1.54, 1.807) is 0 Å².